The van der Waals surface area contributed by atoms with Gasteiger partial charge < -0.3 is 22.1 Å². The summed E-state index contributed by atoms with van der Waals surface area (Å²) in [5.41, 5.74) is 11.2. The first-order valence-electron chi connectivity index (χ1n) is 4.86. The van der Waals surface area contributed by atoms with Gasteiger partial charge in [-0.15, -0.1) is 0 Å². The minimum atomic E-state index is -0.633. The molecule has 0 fully saturated rings. The average Bonchev–Trinajstić information content (AvgIpc) is 2.22. The van der Waals surface area contributed by atoms with Crippen molar-refractivity contribution >= 4 is 29.2 Å². The van der Waals surface area contributed by atoms with E-state index in [1.165, 1.54) is 12.1 Å². The smallest absolute Gasteiger partial charge is 0.312 e. The number of benzene rings is 1. The highest BCUT2D eigenvalue weighted by Crippen LogP contribution is 2.16. The second-order valence-electron chi connectivity index (χ2n) is 3.32. The SMILES string of the molecule is NC(=O)NCCNC(=O)c1cc(N)cc(Cl)c1. The third-order valence-electron chi connectivity index (χ3n) is 1.89. The molecule has 7 heteroatoms. The predicted molar refractivity (Wildman–Crippen MR) is 65.8 cm³/mol. The Morgan fingerprint density at radius 1 is 1.18 bits per heavy atom. The van der Waals surface area contributed by atoms with Gasteiger partial charge in [0.15, 0.2) is 0 Å². The number of urea groups is 1. The lowest BCUT2D eigenvalue weighted by atomic mass is 10.2. The first-order valence-corrected chi connectivity index (χ1v) is 5.24. The minimum Gasteiger partial charge on any atom is -0.399 e. The molecule has 1 aromatic carbocycles. The Labute approximate surface area is 103 Å². The van der Waals surface area contributed by atoms with Crippen molar-refractivity contribution < 1.29 is 9.59 Å². The highest BCUT2D eigenvalue weighted by molar-refractivity contribution is 6.31. The standard InChI is InChI=1S/C10H13ClN4O2/c11-7-3-6(4-8(12)5-7)9(16)14-1-2-15-10(13)17/h3-5H,1-2,12H2,(H,14,16)(H3,13,15,17). The van der Waals surface area contributed by atoms with Gasteiger partial charge >= 0.3 is 6.03 Å². The van der Waals surface area contributed by atoms with Gasteiger partial charge in [-0.1, -0.05) is 11.6 Å². The largest absolute Gasteiger partial charge is 0.399 e. The fraction of sp³-hybridized carbons (Fsp3) is 0.200. The van der Waals surface area contributed by atoms with Crippen molar-refractivity contribution in [2.75, 3.05) is 18.8 Å². The van der Waals surface area contributed by atoms with Crippen molar-refractivity contribution in [1.29, 1.82) is 0 Å². The molecule has 0 aliphatic rings. The van der Waals surface area contributed by atoms with Gasteiger partial charge in [-0.2, -0.15) is 0 Å². The lowest BCUT2D eigenvalue weighted by Crippen LogP contribution is -2.37. The van der Waals surface area contributed by atoms with Crippen LogP contribution in [0.15, 0.2) is 18.2 Å². The van der Waals surface area contributed by atoms with Crippen LogP contribution in [-0.2, 0) is 0 Å². The number of rotatable bonds is 4. The minimum absolute atomic E-state index is 0.261. The van der Waals surface area contributed by atoms with Crippen LogP contribution in [0.3, 0.4) is 0 Å². The molecule has 1 aromatic rings. The van der Waals surface area contributed by atoms with Gasteiger partial charge in [0.25, 0.3) is 5.91 Å². The second-order valence-corrected chi connectivity index (χ2v) is 3.76. The number of nitrogens with two attached hydrogens (primary N) is 2. The molecule has 1 rings (SSSR count). The summed E-state index contributed by atoms with van der Waals surface area (Å²) in [5, 5.41) is 5.33. The maximum atomic E-state index is 11.6. The molecule has 92 valence electrons. The lowest BCUT2D eigenvalue weighted by Gasteiger charge is -2.06. The number of nitrogens with one attached hydrogen (secondary N) is 2. The molecule has 0 aliphatic heterocycles. The average molecular weight is 257 g/mol. The molecule has 0 spiro atoms. The highest BCUT2D eigenvalue weighted by atomic mass is 35.5. The molecular weight excluding hydrogens is 244 g/mol. The Bertz CT molecular complexity index is 416. The topological polar surface area (TPSA) is 110 Å². The van der Waals surface area contributed by atoms with Crippen LogP contribution in [0.1, 0.15) is 10.4 Å². The number of carbonyl (C=O) groups excluding carboxylic acids is 2. The van der Waals surface area contributed by atoms with Gasteiger partial charge in [0.05, 0.1) is 0 Å². The zero-order valence-electron chi connectivity index (χ0n) is 9.00. The summed E-state index contributed by atoms with van der Waals surface area (Å²) in [4.78, 5) is 22.0. The van der Waals surface area contributed by atoms with Crippen LogP contribution in [0.4, 0.5) is 10.5 Å². The van der Waals surface area contributed by atoms with Crippen LogP contribution in [0.2, 0.25) is 5.02 Å². The first-order chi connectivity index (χ1) is 7.99. The zero-order chi connectivity index (χ0) is 12.8. The number of primary amides is 1. The normalized spacial score (nSPS) is 9.71. The molecule has 0 radical (unpaired) electrons. The summed E-state index contributed by atoms with van der Waals surface area (Å²) >= 11 is 5.76. The molecule has 17 heavy (non-hydrogen) atoms. The van der Waals surface area contributed by atoms with Crippen molar-refractivity contribution in [3.05, 3.63) is 28.8 Å². The predicted octanol–water partition coefficient (Wildman–Crippen LogP) is 0.320. The van der Waals surface area contributed by atoms with Gasteiger partial charge in [0.1, 0.15) is 0 Å². The number of anilines is 1. The zero-order valence-corrected chi connectivity index (χ0v) is 9.75. The molecule has 0 atom stereocenters. The molecular formula is C10H13ClN4O2. The summed E-state index contributed by atoms with van der Waals surface area (Å²) in [6, 6.07) is 3.94. The quantitative estimate of drug-likeness (QED) is 0.460. The van der Waals surface area contributed by atoms with Crippen LogP contribution in [0.5, 0.6) is 0 Å². The van der Waals surface area contributed by atoms with Crippen molar-refractivity contribution in [2.24, 2.45) is 5.73 Å². The maximum absolute atomic E-state index is 11.6. The van der Waals surface area contributed by atoms with E-state index in [2.05, 4.69) is 10.6 Å². The molecule has 0 heterocycles. The fourth-order valence-corrected chi connectivity index (χ4v) is 1.45. The van der Waals surface area contributed by atoms with Crippen LogP contribution in [0, 0.1) is 0 Å². The van der Waals surface area contributed by atoms with E-state index in [-0.39, 0.29) is 19.0 Å². The van der Waals surface area contributed by atoms with E-state index >= 15 is 0 Å². The molecule has 6 N–H and O–H groups in total. The number of halogens is 1. The highest BCUT2D eigenvalue weighted by Gasteiger charge is 2.06. The second kappa shape index (κ2) is 5.95. The van der Waals surface area contributed by atoms with E-state index in [0.717, 1.165) is 0 Å². The van der Waals surface area contributed by atoms with Crippen LogP contribution < -0.4 is 22.1 Å². The van der Waals surface area contributed by atoms with E-state index in [4.69, 9.17) is 23.1 Å². The molecule has 0 unspecified atom stereocenters. The fourth-order valence-electron chi connectivity index (χ4n) is 1.21. The summed E-state index contributed by atoms with van der Waals surface area (Å²) in [7, 11) is 0. The molecule has 0 bridgehead atoms. The van der Waals surface area contributed by atoms with Crippen molar-refractivity contribution in [2.45, 2.75) is 0 Å². The van der Waals surface area contributed by atoms with E-state index in [0.29, 0.717) is 16.3 Å². The Hall–Kier alpha value is -1.95. The molecule has 0 aromatic heterocycles. The summed E-state index contributed by atoms with van der Waals surface area (Å²) < 4.78 is 0. The van der Waals surface area contributed by atoms with Gasteiger partial charge in [0.2, 0.25) is 0 Å². The van der Waals surface area contributed by atoms with E-state index < -0.39 is 6.03 Å². The van der Waals surface area contributed by atoms with Gasteiger partial charge in [0, 0.05) is 29.4 Å². The molecule has 0 saturated heterocycles. The monoisotopic (exact) mass is 256 g/mol. The molecule has 0 aliphatic carbocycles. The number of hydrogen-bond acceptors (Lipinski definition) is 3. The van der Waals surface area contributed by atoms with E-state index in [9.17, 15) is 9.59 Å². The van der Waals surface area contributed by atoms with Crippen LogP contribution in [0.25, 0.3) is 0 Å². The van der Waals surface area contributed by atoms with Crippen molar-refractivity contribution in [3.63, 3.8) is 0 Å². The van der Waals surface area contributed by atoms with Gasteiger partial charge in [-0.3, -0.25) is 4.79 Å². The Balaban J connectivity index is 2.49. The van der Waals surface area contributed by atoms with E-state index in [1.807, 2.05) is 0 Å². The third kappa shape index (κ3) is 4.60. The van der Waals surface area contributed by atoms with Crippen LogP contribution >= 0.6 is 11.6 Å². The van der Waals surface area contributed by atoms with Crippen LogP contribution in [-0.4, -0.2) is 25.0 Å². The lowest BCUT2D eigenvalue weighted by molar-refractivity contribution is 0.0954. The Morgan fingerprint density at radius 2 is 1.82 bits per heavy atom. The van der Waals surface area contributed by atoms with Crippen molar-refractivity contribution in [3.8, 4) is 0 Å². The summed E-state index contributed by atoms with van der Waals surface area (Å²) in [6.45, 7) is 0.533. The van der Waals surface area contributed by atoms with Crippen molar-refractivity contribution in [1.82, 2.24) is 10.6 Å². The third-order valence-corrected chi connectivity index (χ3v) is 2.11. The summed E-state index contributed by atoms with van der Waals surface area (Å²) in [5.74, 6) is -0.314. The Morgan fingerprint density at radius 3 is 2.41 bits per heavy atom. The summed E-state index contributed by atoms with van der Waals surface area (Å²) in [6.07, 6.45) is 0. The molecule has 6 nitrogen and oxygen atoms in total. The van der Waals surface area contributed by atoms with Gasteiger partial charge in [-0.05, 0) is 18.2 Å². The number of hydrogen-bond donors (Lipinski definition) is 4. The molecule has 3 amide bonds. The van der Waals surface area contributed by atoms with Gasteiger partial charge in [-0.25, -0.2) is 4.79 Å². The number of nitrogen functional groups attached to an aromatic ring is 1. The number of carbonyl (C=O) groups is 2. The first kappa shape index (κ1) is 13.1. The van der Waals surface area contributed by atoms with E-state index in [1.54, 1.807) is 6.07 Å². The molecule has 0 saturated carbocycles. The number of amides is 3. The maximum Gasteiger partial charge on any atom is 0.312 e. The Kier molecular flexibility index (Phi) is 4.59.